The Bertz CT molecular complexity index is 1370. The number of hydrogen-bond donors (Lipinski definition) is 2. The van der Waals surface area contributed by atoms with Crippen LogP contribution in [0.1, 0.15) is 25.0 Å². The van der Waals surface area contributed by atoms with Gasteiger partial charge >= 0.3 is 0 Å². The smallest absolute Gasteiger partial charge is 0.0893 e. The molecular weight excluding hydrogens is 440 g/mol. The lowest BCUT2D eigenvalue weighted by atomic mass is 10.1. The van der Waals surface area contributed by atoms with Crippen LogP contribution in [0.5, 0.6) is 0 Å². The third-order valence-corrected chi connectivity index (χ3v) is 5.80. The number of allylic oxidation sites excluding steroid dienone is 4. The zero-order valence-corrected chi connectivity index (χ0v) is 20.4. The molecule has 4 aromatic rings. The minimum absolute atomic E-state index is 0.810. The van der Waals surface area contributed by atoms with Crippen molar-refractivity contribution < 1.29 is 0 Å². The molecule has 0 spiro atoms. The summed E-state index contributed by atoms with van der Waals surface area (Å²) < 4.78 is 0. The standard InChI is InChI=1S/C32H28N4/c1-23-21-31(25-13-5-3-6-14-25)35-29-19-11-12-20-30(29)36-32(26-15-7-4-8-16-26)22-24(2)34-28-18-10-9-17-27(28)33-23/h3-22,33-34H,1-2H3/b23-21-,24-22+,35-31?,36-32?. The number of nitrogens with one attached hydrogen (secondary N) is 2. The van der Waals surface area contributed by atoms with E-state index in [1.807, 2.05) is 72.8 Å². The largest absolute Gasteiger partial charge is 0.357 e. The Hall–Kier alpha value is -4.70. The summed E-state index contributed by atoms with van der Waals surface area (Å²) in [6.45, 7) is 4.11. The average Bonchev–Trinajstić information content (AvgIpc) is 2.90. The van der Waals surface area contributed by atoms with Gasteiger partial charge in [0, 0.05) is 22.5 Å². The van der Waals surface area contributed by atoms with Gasteiger partial charge in [0.15, 0.2) is 0 Å². The first-order valence-electron chi connectivity index (χ1n) is 12.0. The van der Waals surface area contributed by atoms with Crippen LogP contribution in [-0.2, 0) is 0 Å². The highest BCUT2D eigenvalue weighted by Crippen LogP contribution is 2.31. The Morgan fingerprint density at radius 1 is 0.444 bits per heavy atom. The summed E-state index contributed by atoms with van der Waals surface area (Å²) >= 11 is 0. The third-order valence-electron chi connectivity index (χ3n) is 5.80. The van der Waals surface area contributed by atoms with Gasteiger partial charge in [-0.2, -0.15) is 0 Å². The lowest BCUT2D eigenvalue weighted by Gasteiger charge is -2.16. The van der Waals surface area contributed by atoms with Crippen molar-refractivity contribution in [3.05, 3.63) is 144 Å². The van der Waals surface area contributed by atoms with E-state index in [0.717, 1.165) is 56.7 Å². The first kappa shape index (κ1) is 23.1. The highest BCUT2D eigenvalue weighted by atomic mass is 15.0. The SMILES string of the molecule is C/C1=C/C(c2ccccc2)=Nc2ccccc2N=C(c2ccccc2)/C=C(\C)Nc2ccccc2N1. The Balaban J connectivity index is 1.75. The van der Waals surface area contributed by atoms with Gasteiger partial charge in [-0.25, -0.2) is 9.98 Å². The van der Waals surface area contributed by atoms with Crippen LogP contribution in [0.25, 0.3) is 0 Å². The van der Waals surface area contributed by atoms with Crippen molar-refractivity contribution in [3.8, 4) is 0 Å². The predicted octanol–water partition coefficient (Wildman–Crippen LogP) is 8.27. The summed E-state index contributed by atoms with van der Waals surface area (Å²) in [7, 11) is 0. The van der Waals surface area contributed by atoms with E-state index in [0.29, 0.717) is 0 Å². The predicted molar refractivity (Wildman–Crippen MR) is 153 cm³/mol. The van der Waals surface area contributed by atoms with Gasteiger partial charge in [0.1, 0.15) is 0 Å². The van der Waals surface area contributed by atoms with Crippen LogP contribution < -0.4 is 10.6 Å². The molecule has 4 heteroatoms. The summed E-state index contributed by atoms with van der Waals surface area (Å²) in [5.74, 6) is 0. The zero-order valence-electron chi connectivity index (χ0n) is 20.4. The van der Waals surface area contributed by atoms with Gasteiger partial charge < -0.3 is 10.6 Å². The quantitative estimate of drug-likeness (QED) is 0.311. The van der Waals surface area contributed by atoms with Crippen LogP contribution in [0.2, 0.25) is 0 Å². The number of fused-ring (bicyclic) bond motifs is 2. The molecule has 0 aliphatic carbocycles. The van der Waals surface area contributed by atoms with E-state index < -0.39 is 0 Å². The normalized spacial score (nSPS) is 16.7. The van der Waals surface area contributed by atoms with Crippen molar-refractivity contribution in [2.24, 2.45) is 9.98 Å². The van der Waals surface area contributed by atoms with E-state index in [1.165, 1.54) is 0 Å². The van der Waals surface area contributed by atoms with E-state index in [9.17, 15) is 0 Å². The first-order chi connectivity index (χ1) is 17.7. The molecule has 0 saturated heterocycles. The number of para-hydroxylation sites is 4. The lowest BCUT2D eigenvalue weighted by molar-refractivity contribution is 1.33. The molecule has 0 atom stereocenters. The molecule has 0 unspecified atom stereocenters. The Labute approximate surface area is 212 Å². The highest BCUT2D eigenvalue weighted by Gasteiger charge is 2.10. The van der Waals surface area contributed by atoms with Crippen molar-refractivity contribution in [3.63, 3.8) is 0 Å². The summed E-state index contributed by atoms with van der Waals surface area (Å²) in [5, 5.41) is 7.12. The second-order valence-corrected chi connectivity index (χ2v) is 8.67. The lowest BCUT2D eigenvalue weighted by Crippen LogP contribution is -2.07. The van der Waals surface area contributed by atoms with Gasteiger partial charge in [-0.3, -0.25) is 0 Å². The van der Waals surface area contributed by atoms with Gasteiger partial charge in [0.25, 0.3) is 0 Å². The van der Waals surface area contributed by atoms with Crippen molar-refractivity contribution in [2.75, 3.05) is 10.6 Å². The van der Waals surface area contributed by atoms with Crippen LogP contribution >= 0.6 is 0 Å². The van der Waals surface area contributed by atoms with E-state index in [-0.39, 0.29) is 0 Å². The molecule has 36 heavy (non-hydrogen) atoms. The maximum absolute atomic E-state index is 5.11. The zero-order chi connectivity index (χ0) is 24.7. The van der Waals surface area contributed by atoms with Gasteiger partial charge in [0.05, 0.1) is 34.2 Å². The third kappa shape index (κ3) is 5.50. The summed E-state index contributed by atoms with van der Waals surface area (Å²) in [5.41, 5.74) is 9.36. The average molecular weight is 469 g/mol. The van der Waals surface area contributed by atoms with E-state index >= 15 is 0 Å². The molecule has 5 rings (SSSR count). The molecule has 0 amide bonds. The number of hydrogen-bond acceptors (Lipinski definition) is 4. The molecule has 4 nitrogen and oxygen atoms in total. The highest BCUT2D eigenvalue weighted by molar-refractivity contribution is 6.12. The molecule has 0 saturated carbocycles. The summed E-state index contributed by atoms with van der Waals surface area (Å²) in [6.07, 6.45) is 4.17. The molecule has 0 fully saturated rings. The Morgan fingerprint density at radius 2 is 0.806 bits per heavy atom. The maximum Gasteiger partial charge on any atom is 0.0893 e. The molecular formula is C32H28N4. The fourth-order valence-corrected chi connectivity index (χ4v) is 4.10. The Kier molecular flexibility index (Phi) is 6.86. The second kappa shape index (κ2) is 10.7. The summed E-state index contributed by atoms with van der Waals surface area (Å²) in [6, 6.07) is 36.7. The summed E-state index contributed by atoms with van der Waals surface area (Å²) in [4.78, 5) is 10.2. The number of anilines is 2. The number of aliphatic imine (C=N–C) groups is 2. The van der Waals surface area contributed by atoms with Crippen LogP contribution in [0, 0.1) is 0 Å². The molecule has 1 heterocycles. The number of benzene rings is 4. The molecule has 4 aromatic carbocycles. The van der Waals surface area contributed by atoms with Gasteiger partial charge in [-0.05, 0) is 50.3 Å². The van der Waals surface area contributed by atoms with Crippen LogP contribution in [0.15, 0.2) is 143 Å². The molecule has 1 aliphatic rings. The van der Waals surface area contributed by atoms with Crippen LogP contribution in [0.3, 0.4) is 0 Å². The molecule has 2 N–H and O–H groups in total. The molecule has 176 valence electrons. The fourth-order valence-electron chi connectivity index (χ4n) is 4.10. The molecule has 0 radical (unpaired) electrons. The topological polar surface area (TPSA) is 48.8 Å². The maximum atomic E-state index is 5.11. The first-order valence-corrected chi connectivity index (χ1v) is 12.0. The van der Waals surface area contributed by atoms with Crippen molar-refractivity contribution in [1.82, 2.24) is 0 Å². The molecule has 0 aromatic heterocycles. The van der Waals surface area contributed by atoms with E-state index in [2.05, 4.69) is 73.0 Å². The van der Waals surface area contributed by atoms with Crippen LogP contribution in [-0.4, -0.2) is 11.4 Å². The number of nitrogens with zero attached hydrogens (tertiary/aromatic N) is 2. The Morgan fingerprint density at radius 3 is 1.22 bits per heavy atom. The van der Waals surface area contributed by atoms with Crippen molar-refractivity contribution in [1.29, 1.82) is 0 Å². The monoisotopic (exact) mass is 468 g/mol. The van der Waals surface area contributed by atoms with Crippen LogP contribution in [0.4, 0.5) is 22.7 Å². The van der Waals surface area contributed by atoms with Gasteiger partial charge in [-0.15, -0.1) is 0 Å². The second-order valence-electron chi connectivity index (χ2n) is 8.67. The molecule has 0 bridgehead atoms. The van der Waals surface area contributed by atoms with Crippen molar-refractivity contribution in [2.45, 2.75) is 13.8 Å². The molecule has 1 aliphatic heterocycles. The fraction of sp³-hybridized carbons (Fsp3) is 0.0625. The van der Waals surface area contributed by atoms with Crippen molar-refractivity contribution >= 4 is 34.2 Å². The number of rotatable bonds is 2. The minimum Gasteiger partial charge on any atom is -0.357 e. The van der Waals surface area contributed by atoms with E-state index in [4.69, 9.17) is 9.98 Å². The minimum atomic E-state index is 0.810. The van der Waals surface area contributed by atoms with E-state index in [1.54, 1.807) is 0 Å². The van der Waals surface area contributed by atoms with Gasteiger partial charge in [-0.1, -0.05) is 84.9 Å². The van der Waals surface area contributed by atoms with Gasteiger partial charge in [0.2, 0.25) is 0 Å².